The lowest BCUT2D eigenvalue weighted by atomic mass is 10.1. The van der Waals surface area contributed by atoms with Crippen LogP contribution in [0.4, 0.5) is 0 Å². The molecule has 0 spiro atoms. The first-order valence-corrected chi connectivity index (χ1v) is 7.68. The van der Waals surface area contributed by atoms with Gasteiger partial charge in [-0.25, -0.2) is 13.4 Å². The van der Waals surface area contributed by atoms with Gasteiger partial charge < -0.3 is 4.42 Å². The van der Waals surface area contributed by atoms with Crippen LogP contribution in [-0.4, -0.2) is 19.2 Å². The van der Waals surface area contributed by atoms with Crippen LogP contribution >= 0.6 is 15.9 Å². The first-order valence-electron chi connectivity index (χ1n) is 4.85. The second kappa shape index (κ2) is 4.25. The fourth-order valence-electron chi connectivity index (χ4n) is 1.89. The molecule has 1 aliphatic rings. The van der Waals surface area contributed by atoms with E-state index in [1.54, 1.807) is 0 Å². The molecule has 2 rings (SSSR count). The molecule has 0 aliphatic carbocycles. The molecule has 0 radical (unpaired) electrons. The predicted molar refractivity (Wildman–Crippen MR) is 59.5 cm³/mol. The molecule has 1 atom stereocenters. The van der Waals surface area contributed by atoms with Gasteiger partial charge in [-0.15, -0.1) is 0 Å². The monoisotopic (exact) mass is 293 g/mol. The Morgan fingerprint density at radius 1 is 1.53 bits per heavy atom. The van der Waals surface area contributed by atoms with Crippen molar-refractivity contribution >= 4 is 25.8 Å². The number of sulfone groups is 1. The number of oxazole rings is 1. The van der Waals surface area contributed by atoms with Gasteiger partial charge >= 0.3 is 0 Å². The van der Waals surface area contributed by atoms with Crippen LogP contribution in [-0.2, 0) is 15.2 Å². The van der Waals surface area contributed by atoms with E-state index < -0.39 is 15.1 Å². The first kappa shape index (κ1) is 11.1. The summed E-state index contributed by atoms with van der Waals surface area (Å²) in [6.07, 6.45) is 3.66. The number of halogens is 1. The van der Waals surface area contributed by atoms with Gasteiger partial charge in [0.25, 0.3) is 0 Å². The first-order chi connectivity index (χ1) is 7.15. The zero-order valence-corrected chi connectivity index (χ0v) is 10.6. The van der Waals surface area contributed by atoms with Crippen LogP contribution in [0.3, 0.4) is 0 Å². The quantitative estimate of drug-likeness (QED) is 0.785. The molecule has 15 heavy (non-hydrogen) atoms. The third-order valence-corrected chi connectivity index (χ3v) is 5.38. The van der Waals surface area contributed by atoms with E-state index in [4.69, 9.17) is 4.42 Å². The van der Waals surface area contributed by atoms with Gasteiger partial charge in [-0.1, -0.05) is 22.4 Å². The predicted octanol–water partition coefficient (Wildman–Crippen LogP) is 2.21. The SMILES string of the molecule is O=S1(=O)CCCCC1c1ocnc1CBr. The van der Waals surface area contributed by atoms with Crippen molar-refractivity contribution in [2.24, 2.45) is 0 Å². The van der Waals surface area contributed by atoms with Gasteiger partial charge in [0.05, 0.1) is 11.4 Å². The van der Waals surface area contributed by atoms with Gasteiger partial charge in [-0.05, 0) is 12.8 Å². The van der Waals surface area contributed by atoms with Gasteiger partial charge in [-0.2, -0.15) is 0 Å². The highest BCUT2D eigenvalue weighted by atomic mass is 79.9. The van der Waals surface area contributed by atoms with Crippen molar-refractivity contribution in [2.45, 2.75) is 29.8 Å². The number of rotatable bonds is 2. The van der Waals surface area contributed by atoms with Crippen molar-refractivity contribution in [3.05, 3.63) is 17.8 Å². The molecule has 1 aromatic rings. The zero-order valence-electron chi connectivity index (χ0n) is 8.15. The molecule has 6 heteroatoms. The van der Waals surface area contributed by atoms with Gasteiger partial charge in [0.2, 0.25) is 0 Å². The zero-order chi connectivity index (χ0) is 10.9. The molecule has 4 nitrogen and oxygen atoms in total. The van der Waals surface area contributed by atoms with Crippen LogP contribution in [0.2, 0.25) is 0 Å². The molecule has 84 valence electrons. The van der Waals surface area contributed by atoms with E-state index in [1.807, 2.05) is 0 Å². The molecule has 1 aromatic heterocycles. The summed E-state index contributed by atoms with van der Waals surface area (Å²) in [5.74, 6) is 0.784. The molecule has 2 heterocycles. The van der Waals surface area contributed by atoms with Crippen molar-refractivity contribution in [2.75, 3.05) is 5.75 Å². The Bertz CT molecular complexity index is 440. The second-order valence-electron chi connectivity index (χ2n) is 3.65. The summed E-state index contributed by atoms with van der Waals surface area (Å²) in [7, 11) is -3.03. The van der Waals surface area contributed by atoms with E-state index in [1.165, 1.54) is 6.39 Å². The summed E-state index contributed by atoms with van der Waals surface area (Å²) in [4.78, 5) is 4.00. The van der Waals surface area contributed by atoms with E-state index in [0.29, 0.717) is 23.2 Å². The summed E-state index contributed by atoms with van der Waals surface area (Å²) in [6.45, 7) is 0. The molecule has 0 bridgehead atoms. The van der Waals surface area contributed by atoms with Crippen molar-refractivity contribution in [3.8, 4) is 0 Å². The standard InChI is InChI=1S/C9H12BrNO3S/c10-5-7-9(14-6-11-7)8-3-1-2-4-15(8,12)13/h6,8H,1-5H2. The maximum atomic E-state index is 11.8. The normalized spacial score (nSPS) is 25.3. The largest absolute Gasteiger partial charge is 0.447 e. The maximum Gasteiger partial charge on any atom is 0.181 e. The Morgan fingerprint density at radius 2 is 2.33 bits per heavy atom. The third kappa shape index (κ3) is 2.10. The maximum absolute atomic E-state index is 11.8. The van der Waals surface area contributed by atoms with Crippen LogP contribution in [0.5, 0.6) is 0 Å². The van der Waals surface area contributed by atoms with Crippen molar-refractivity contribution < 1.29 is 12.8 Å². The summed E-state index contributed by atoms with van der Waals surface area (Å²) in [5.41, 5.74) is 0.700. The molecule has 0 saturated carbocycles. The van der Waals surface area contributed by atoms with Gasteiger partial charge in [0.1, 0.15) is 11.0 Å². The summed E-state index contributed by atoms with van der Waals surface area (Å²) >= 11 is 3.27. The minimum absolute atomic E-state index is 0.264. The smallest absolute Gasteiger partial charge is 0.181 e. The number of alkyl halides is 1. The summed E-state index contributed by atoms with van der Waals surface area (Å²) < 4.78 is 28.9. The third-order valence-electron chi connectivity index (χ3n) is 2.67. The van der Waals surface area contributed by atoms with Crippen LogP contribution in [0.1, 0.15) is 36.0 Å². The lowest BCUT2D eigenvalue weighted by molar-refractivity contribution is 0.460. The Morgan fingerprint density at radius 3 is 3.00 bits per heavy atom. The van der Waals surface area contributed by atoms with Crippen LogP contribution in [0, 0.1) is 0 Å². The molecule has 1 aliphatic heterocycles. The fraction of sp³-hybridized carbons (Fsp3) is 0.667. The molecular weight excluding hydrogens is 282 g/mol. The van der Waals surface area contributed by atoms with Crippen LogP contribution < -0.4 is 0 Å². The van der Waals surface area contributed by atoms with E-state index in [2.05, 4.69) is 20.9 Å². The van der Waals surface area contributed by atoms with Gasteiger partial charge in [-0.3, -0.25) is 0 Å². The Labute approximate surface area is 97.1 Å². The molecule has 0 amide bonds. The molecular formula is C9H12BrNO3S. The highest BCUT2D eigenvalue weighted by molar-refractivity contribution is 9.08. The lowest BCUT2D eigenvalue weighted by Gasteiger charge is -2.20. The van der Waals surface area contributed by atoms with Crippen LogP contribution in [0.25, 0.3) is 0 Å². The van der Waals surface area contributed by atoms with Crippen molar-refractivity contribution in [1.82, 2.24) is 4.98 Å². The molecule has 1 fully saturated rings. The number of aromatic nitrogens is 1. The second-order valence-corrected chi connectivity index (χ2v) is 6.51. The lowest BCUT2D eigenvalue weighted by Crippen LogP contribution is -2.22. The molecule has 0 N–H and O–H groups in total. The average molecular weight is 294 g/mol. The van der Waals surface area contributed by atoms with E-state index in [-0.39, 0.29) is 5.75 Å². The minimum Gasteiger partial charge on any atom is -0.447 e. The highest BCUT2D eigenvalue weighted by Crippen LogP contribution is 2.35. The Kier molecular flexibility index (Phi) is 3.16. The highest BCUT2D eigenvalue weighted by Gasteiger charge is 2.34. The van der Waals surface area contributed by atoms with Crippen molar-refractivity contribution in [1.29, 1.82) is 0 Å². The summed E-state index contributed by atoms with van der Waals surface area (Å²) in [6, 6.07) is 0. The van der Waals surface area contributed by atoms with Gasteiger partial charge in [0.15, 0.2) is 16.2 Å². The topological polar surface area (TPSA) is 60.2 Å². The average Bonchev–Trinajstić information content (AvgIpc) is 2.64. The minimum atomic E-state index is -3.03. The number of hydrogen-bond acceptors (Lipinski definition) is 4. The Balaban J connectivity index is 2.37. The summed E-state index contributed by atoms with van der Waals surface area (Å²) in [5, 5.41) is 0.0477. The Hall–Kier alpha value is -0.360. The molecule has 1 unspecified atom stereocenters. The van der Waals surface area contributed by atoms with E-state index in [9.17, 15) is 8.42 Å². The van der Waals surface area contributed by atoms with E-state index in [0.717, 1.165) is 12.8 Å². The van der Waals surface area contributed by atoms with Crippen LogP contribution in [0.15, 0.2) is 10.8 Å². The van der Waals surface area contributed by atoms with E-state index >= 15 is 0 Å². The molecule has 0 aromatic carbocycles. The fourth-order valence-corrected chi connectivity index (χ4v) is 4.25. The van der Waals surface area contributed by atoms with Gasteiger partial charge in [0, 0.05) is 5.33 Å². The number of hydrogen-bond donors (Lipinski definition) is 0. The number of nitrogens with zero attached hydrogens (tertiary/aromatic N) is 1. The van der Waals surface area contributed by atoms with Crippen molar-refractivity contribution in [3.63, 3.8) is 0 Å². The molecule has 1 saturated heterocycles.